The van der Waals surface area contributed by atoms with E-state index in [9.17, 15) is 9.90 Å². The maximum absolute atomic E-state index is 11.4. The SMILES string of the molecule is COc1cccc2c1OC(C(=O)O)Oc1c(Cl)cccc1C2. The summed E-state index contributed by atoms with van der Waals surface area (Å²) < 4.78 is 16.3. The average Bonchev–Trinajstić information content (AvgIpc) is 2.47. The second-order valence-electron chi connectivity index (χ2n) is 4.76. The number of rotatable bonds is 2. The zero-order valence-corrected chi connectivity index (χ0v) is 12.5. The third kappa shape index (κ3) is 2.55. The van der Waals surface area contributed by atoms with Crippen LogP contribution in [0.1, 0.15) is 11.1 Å². The van der Waals surface area contributed by atoms with Crippen LogP contribution in [0.5, 0.6) is 17.2 Å². The first-order valence-electron chi connectivity index (χ1n) is 6.59. The zero-order valence-electron chi connectivity index (χ0n) is 11.7. The van der Waals surface area contributed by atoms with Crippen LogP contribution in [0.3, 0.4) is 0 Å². The molecule has 1 N–H and O–H groups in total. The van der Waals surface area contributed by atoms with Crippen LogP contribution in [0.15, 0.2) is 36.4 Å². The molecule has 0 radical (unpaired) electrons. The van der Waals surface area contributed by atoms with Crippen molar-refractivity contribution in [1.29, 1.82) is 0 Å². The molecule has 0 aliphatic carbocycles. The normalized spacial score (nSPS) is 16.2. The van der Waals surface area contributed by atoms with Crippen molar-refractivity contribution in [2.45, 2.75) is 12.7 Å². The Bertz CT molecular complexity index is 728. The van der Waals surface area contributed by atoms with Crippen molar-refractivity contribution in [3.05, 3.63) is 52.5 Å². The summed E-state index contributed by atoms with van der Waals surface area (Å²) in [6.07, 6.45) is -1.01. The number of para-hydroxylation sites is 2. The number of benzene rings is 2. The first kappa shape index (κ1) is 14.5. The van der Waals surface area contributed by atoms with Gasteiger partial charge in [-0.15, -0.1) is 0 Å². The lowest BCUT2D eigenvalue weighted by Gasteiger charge is -2.25. The minimum absolute atomic E-state index is 0.324. The molecular formula is C16H13ClO5. The zero-order chi connectivity index (χ0) is 15.7. The summed E-state index contributed by atoms with van der Waals surface area (Å²) >= 11 is 6.13. The summed E-state index contributed by atoms with van der Waals surface area (Å²) in [6, 6.07) is 10.7. The van der Waals surface area contributed by atoms with Gasteiger partial charge in [0.1, 0.15) is 5.75 Å². The fourth-order valence-electron chi connectivity index (χ4n) is 2.36. The largest absolute Gasteiger partial charge is 0.493 e. The predicted octanol–water partition coefficient (Wildman–Crippen LogP) is 3.12. The Hall–Kier alpha value is -2.40. The molecule has 0 bridgehead atoms. The Balaban J connectivity index is 2.17. The summed E-state index contributed by atoms with van der Waals surface area (Å²) in [5.74, 6) is -0.101. The molecule has 0 fully saturated rings. The van der Waals surface area contributed by atoms with Crippen molar-refractivity contribution >= 4 is 17.6 Å². The number of hydrogen-bond acceptors (Lipinski definition) is 4. The van der Waals surface area contributed by atoms with Gasteiger partial charge in [0.05, 0.1) is 12.1 Å². The van der Waals surface area contributed by atoms with Gasteiger partial charge in [0.15, 0.2) is 11.5 Å². The molecule has 1 atom stereocenters. The molecule has 1 heterocycles. The van der Waals surface area contributed by atoms with Gasteiger partial charge >= 0.3 is 12.3 Å². The molecule has 0 spiro atoms. The van der Waals surface area contributed by atoms with Crippen molar-refractivity contribution in [3.63, 3.8) is 0 Å². The van der Waals surface area contributed by atoms with Crippen LogP contribution >= 0.6 is 11.6 Å². The summed E-state index contributed by atoms with van der Waals surface area (Å²) in [7, 11) is 1.50. The second kappa shape index (κ2) is 5.77. The Morgan fingerprint density at radius 3 is 2.50 bits per heavy atom. The molecule has 1 aliphatic heterocycles. The van der Waals surface area contributed by atoms with E-state index in [1.54, 1.807) is 18.2 Å². The van der Waals surface area contributed by atoms with Crippen molar-refractivity contribution in [2.75, 3.05) is 7.11 Å². The molecule has 1 unspecified atom stereocenters. The van der Waals surface area contributed by atoms with Gasteiger partial charge in [-0.1, -0.05) is 35.9 Å². The quantitative estimate of drug-likeness (QED) is 0.921. The molecule has 114 valence electrons. The highest BCUT2D eigenvalue weighted by atomic mass is 35.5. The number of aliphatic carboxylic acids is 1. The molecule has 0 saturated heterocycles. The predicted molar refractivity (Wildman–Crippen MR) is 79.9 cm³/mol. The van der Waals surface area contributed by atoms with Gasteiger partial charge < -0.3 is 19.3 Å². The molecule has 1 aliphatic rings. The van der Waals surface area contributed by atoms with Crippen molar-refractivity contribution in [1.82, 2.24) is 0 Å². The van der Waals surface area contributed by atoms with Crippen LogP contribution in [0.4, 0.5) is 0 Å². The Kier molecular flexibility index (Phi) is 3.81. The van der Waals surface area contributed by atoms with Crippen LogP contribution in [0.25, 0.3) is 0 Å². The minimum Gasteiger partial charge on any atom is -0.493 e. The van der Waals surface area contributed by atoms with E-state index < -0.39 is 12.3 Å². The molecule has 0 aromatic heterocycles. The Morgan fingerprint density at radius 2 is 1.82 bits per heavy atom. The molecule has 22 heavy (non-hydrogen) atoms. The standard InChI is InChI=1S/C16H13ClO5/c1-20-12-7-3-5-10-8-9-4-2-6-11(17)13(9)21-16(15(18)19)22-14(10)12/h2-7,16H,8H2,1H3,(H,18,19). The van der Waals surface area contributed by atoms with Gasteiger partial charge in [0.25, 0.3) is 0 Å². The highest BCUT2D eigenvalue weighted by molar-refractivity contribution is 6.32. The van der Waals surface area contributed by atoms with Gasteiger partial charge in [-0.3, -0.25) is 0 Å². The Morgan fingerprint density at radius 1 is 1.18 bits per heavy atom. The molecule has 6 heteroatoms. The van der Waals surface area contributed by atoms with Gasteiger partial charge in [0, 0.05) is 17.5 Å². The van der Waals surface area contributed by atoms with E-state index >= 15 is 0 Å². The maximum Gasteiger partial charge on any atom is 0.387 e. The van der Waals surface area contributed by atoms with Gasteiger partial charge in [-0.25, -0.2) is 4.79 Å². The van der Waals surface area contributed by atoms with Crippen molar-refractivity contribution in [2.24, 2.45) is 0 Å². The van der Waals surface area contributed by atoms with Crippen LogP contribution in [-0.4, -0.2) is 24.5 Å². The average molecular weight is 321 g/mol. The number of carboxylic acid groups (broad SMARTS) is 1. The number of halogens is 1. The highest BCUT2D eigenvalue weighted by Crippen LogP contribution is 2.39. The summed E-state index contributed by atoms with van der Waals surface area (Å²) in [5, 5.41) is 9.67. The fourth-order valence-corrected chi connectivity index (χ4v) is 2.60. The molecule has 2 aromatic carbocycles. The number of carboxylic acids is 1. The lowest BCUT2D eigenvalue weighted by molar-refractivity contribution is -0.158. The smallest absolute Gasteiger partial charge is 0.387 e. The molecule has 0 amide bonds. The van der Waals surface area contributed by atoms with E-state index in [1.165, 1.54) is 7.11 Å². The number of carbonyl (C=O) groups is 1. The van der Waals surface area contributed by atoms with Crippen LogP contribution in [-0.2, 0) is 11.2 Å². The summed E-state index contributed by atoms with van der Waals surface area (Å²) in [6.45, 7) is 0. The van der Waals surface area contributed by atoms with E-state index in [1.807, 2.05) is 18.2 Å². The number of methoxy groups -OCH3 is 1. The van der Waals surface area contributed by atoms with Gasteiger partial charge in [-0.05, 0) is 12.1 Å². The van der Waals surface area contributed by atoms with Gasteiger partial charge in [0.2, 0.25) is 0 Å². The van der Waals surface area contributed by atoms with Crippen LogP contribution in [0, 0.1) is 0 Å². The summed E-state index contributed by atoms with van der Waals surface area (Å²) in [5.41, 5.74) is 1.59. The first-order valence-corrected chi connectivity index (χ1v) is 6.97. The number of hydrogen-bond donors (Lipinski definition) is 1. The second-order valence-corrected chi connectivity index (χ2v) is 5.17. The molecule has 3 rings (SSSR count). The van der Waals surface area contributed by atoms with E-state index in [2.05, 4.69) is 0 Å². The third-order valence-corrected chi connectivity index (χ3v) is 3.66. The van der Waals surface area contributed by atoms with Crippen molar-refractivity contribution < 1.29 is 24.1 Å². The lowest BCUT2D eigenvalue weighted by atomic mass is 10.0. The van der Waals surface area contributed by atoms with E-state index in [-0.39, 0.29) is 0 Å². The molecule has 0 saturated carbocycles. The van der Waals surface area contributed by atoms with Crippen molar-refractivity contribution in [3.8, 4) is 17.2 Å². The van der Waals surface area contributed by atoms with Crippen LogP contribution < -0.4 is 14.2 Å². The number of ether oxygens (including phenoxy) is 3. The van der Waals surface area contributed by atoms with Crippen LogP contribution in [0.2, 0.25) is 5.02 Å². The summed E-state index contributed by atoms with van der Waals surface area (Å²) in [4.78, 5) is 11.4. The maximum atomic E-state index is 11.4. The van der Waals surface area contributed by atoms with E-state index in [4.69, 9.17) is 25.8 Å². The molecule has 2 aromatic rings. The number of fused-ring (bicyclic) bond motifs is 2. The van der Waals surface area contributed by atoms with Gasteiger partial charge in [-0.2, -0.15) is 0 Å². The topological polar surface area (TPSA) is 65.0 Å². The van der Waals surface area contributed by atoms with E-state index in [0.717, 1.165) is 11.1 Å². The van der Waals surface area contributed by atoms with E-state index in [0.29, 0.717) is 28.7 Å². The monoisotopic (exact) mass is 320 g/mol. The minimum atomic E-state index is -1.51. The fraction of sp³-hybridized carbons (Fsp3) is 0.188. The molecular weight excluding hydrogens is 308 g/mol. The highest BCUT2D eigenvalue weighted by Gasteiger charge is 2.29. The Labute approximate surface area is 132 Å². The molecule has 5 nitrogen and oxygen atoms in total. The lowest BCUT2D eigenvalue weighted by Crippen LogP contribution is -2.34. The third-order valence-electron chi connectivity index (χ3n) is 3.36. The first-order chi connectivity index (χ1) is 10.6.